The summed E-state index contributed by atoms with van der Waals surface area (Å²) in [6.07, 6.45) is 7.73. The fourth-order valence-electron chi connectivity index (χ4n) is 5.17. The number of benzene rings is 1. The van der Waals surface area contributed by atoms with Crippen LogP contribution in [-0.2, 0) is 4.79 Å². The lowest BCUT2D eigenvalue weighted by Crippen LogP contribution is -2.54. The lowest BCUT2D eigenvalue weighted by Gasteiger charge is -2.45. The monoisotopic (exact) mass is 371 g/mol. The summed E-state index contributed by atoms with van der Waals surface area (Å²) in [6.45, 7) is 5.45. The number of piperazine rings is 1. The highest BCUT2D eigenvalue weighted by molar-refractivity contribution is 5.78. The molecule has 1 saturated carbocycles. The topological polar surface area (TPSA) is 36.0 Å². The SMILES string of the molecule is COc1ccc(N2CCN(CC(=O)N3CCC[C@@H]4CCCC[C@H]43)CC2)cc1. The molecule has 4 rings (SSSR count). The van der Waals surface area contributed by atoms with E-state index < -0.39 is 0 Å². The number of ether oxygens (including phenoxy) is 1. The first-order valence-corrected chi connectivity index (χ1v) is 10.7. The molecule has 5 heteroatoms. The Labute approximate surface area is 163 Å². The van der Waals surface area contributed by atoms with Crippen LogP contribution in [0.1, 0.15) is 38.5 Å². The molecule has 0 radical (unpaired) electrons. The summed E-state index contributed by atoms with van der Waals surface area (Å²) < 4.78 is 5.24. The fraction of sp³-hybridized carbons (Fsp3) is 0.682. The van der Waals surface area contributed by atoms with Crippen molar-refractivity contribution in [2.75, 3.05) is 51.3 Å². The summed E-state index contributed by atoms with van der Waals surface area (Å²) in [4.78, 5) is 20.0. The maximum atomic E-state index is 13.0. The van der Waals surface area contributed by atoms with E-state index >= 15 is 0 Å². The van der Waals surface area contributed by atoms with Crippen LogP contribution in [0.2, 0.25) is 0 Å². The van der Waals surface area contributed by atoms with Gasteiger partial charge in [-0.2, -0.15) is 0 Å². The summed E-state index contributed by atoms with van der Waals surface area (Å²) in [5, 5.41) is 0. The molecule has 0 aromatic heterocycles. The Bertz CT molecular complexity index is 623. The number of fused-ring (bicyclic) bond motifs is 1. The zero-order valence-corrected chi connectivity index (χ0v) is 16.6. The molecule has 1 aromatic carbocycles. The summed E-state index contributed by atoms with van der Waals surface area (Å²) in [6, 6.07) is 8.80. The number of carbonyl (C=O) groups is 1. The number of anilines is 1. The molecule has 0 bridgehead atoms. The van der Waals surface area contributed by atoms with Crippen LogP contribution in [0, 0.1) is 5.92 Å². The van der Waals surface area contributed by atoms with Gasteiger partial charge in [0, 0.05) is 44.5 Å². The highest BCUT2D eigenvalue weighted by Gasteiger charge is 2.36. The van der Waals surface area contributed by atoms with Gasteiger partial charge in [-0.05, 0) is 55.9 Å². The molecule has 2 saturated heterocycles. The Balaban J connectivity index is 1.28. The van der Waals surface area contributed by atoms with E-state index in [1.54, 1.807) is 7.11 Å². The normalized spacial score (nSPS) is 26.6. The molecular weight excluding hydrogens is 338 g/mol. The highest BCUT2D eigenvalue weighted by Crippen LogP contribution is 2.35. The van der Waals surface area contributed by atoms with E-state index in [2.05, 4.69) is 26.8 Å². The van der Waals surface area contributed by atoms with Gasteiger partial charge in [0.25, 0.3) is 0 Å². The Morgan fingerprint density at radius 3 is 2.41 bits per heavy atom. The van der Waals surface area contributed by atoms with Crippen LogP contribution in [0.4, 0.5) is 5.69 Å². The zero-order chi connectivity index (χ0) is 18.6. The van der Waals surface area contributed by atoms with Crippen LogP contribution < -0.4 is 9.64 Å². The number of rotatable bonds is 4. The minimum atomic E-state index is 0.365. The van der Waals surface area contributed by atoms with E-state index in [4.69, 9.17) is 4.74 Å². The number of piperidine rings is 1. The molecule has 2 aliphatic heterocycles. The van der Waals surface area contributed by atoms with Gasteiger partial charge in [0.1, 0.15) is 5.75 Å². The quantitative estimate of drug-likeness (QED) is 0.815. The van der Waals surface area contributed by atoms with Gasteiger partial charge in [-0.1, -0.05) is 12.8 Å². The van der Waals surface area contributed by atoms with Gasteiger partial charge in [-0.25, -0.2) is 0 Å². The van der Waals surface area contributed by atoms with Gasteiger partial charge >= 0.3 is 0 Å². The van der Waals surface area contributed by atoms with Gasteiger partial charge in [-0.15, -0.1) is 0 Å². The number of hydrogen-bond acceptors (Lipinski definition) is 4. The van der Waals surface area contributed by atoms with E-state index in [0.717, 1.165) is 44.4 Å². The van der Waals surface area contributed by atoms with E-state index in [1.165, 1.54) is 44.2 Å². The van der Waals surface area contributed by atoms with Crippen LogP contribution in [0.3, 0.4) is 0 Å². The standard InChI is InChI=1S/C22H33N3O2/c1-27-20-10-8-19(9-11-20)24-15-13-23(14-16-24)17-22(26)25-12-4-6-18-5-2-3-7-21(18)25/h8-11,18,21H,2-7,12-17H2,1H3/t18-,21+/m0/s1. The Hall–Kier alpha value is -1.75. The van der Waals surface area contributed by atoms with Gasteiger partial charge in [0.05, 0.1) is 13.7 Å². The van der Waals surface area contributed by atoms with Crippen molar-refractivity contribution in [1.82, 2.24) is 9.80 Å². The third kappa shape index (κ3) is 4.23. The summed E-state index contributed by atoms with van der Waals surface area (Å²) in [7, 11) is 1.70. The maximum absolute atomic E-state index is 13.0. The number of amides is 1. The van der Waals surface area contributed by atoms with Crippen molar-refractivity contribution >= 4 is 11.6 Å². The van der Waals surface area contributed by atoms with Crippen molar-refractivity contribution in [2.24, 2.45) is 5.92 Å². The number of carbonyl (C=O) groups excluding carboxylic acids is 1. The molecule has 1 aromatic rings. The van der Waals surface area contributed by atoms with Crippen LogP contribution in [0.15, 0.2) is 24.3 Å². The minimum Gasteiger partial charge on any atom is -0.497 e. The first kappa shape index (κ1) is 18.6. The lowest BCUT2D eigenvalue weighted by atomic mass is 9.78. The van der Waals surface area contributed by atoms with Crippen molar-refractivity contribution in [3.05, 3.63) is 24.3 Å². The largest absolute Gasteiger partial charge is 0.497 e. The lowest BCUT2D eigenvalue weighted by molar-refractivity contribution is -0.138. The van der Waals surface area contributed by atoms with Gasteiger partial charge in [-0.3, -0.25) is 9.69 Å². The second kappa shape index (κ2) is 8.51. The Morgan fingerprint density at radius 1 is 0.963 bits per heavy atom. The molecule has 1 amide bonds. The number of methoxy groups -OCH3 is 1. The molecule has 0 unspecified atom stereocenters. The molecule has 0 N–H and O–H groups in total. The number of nitrogens with zero attached hydrogens (tertiary/aromatic N) is 3. The smallest absolute Gasteiger partial charge is 0.237 e. The predicted octanol–water partition coefficient (Wildman–Crippen LogP) is 3.00. The van der Waals surface area contributed by atoms with E-state index in [9.17, 15) is 4.79 Å². The second-order valence-electron chi connectivity index (χ2n) is 8.30. The van der Waals surface area contributed by atoms with E-state index in [0.29, 0.717) is 18.5 Å². The summed E-state index contributed by atoms with van der Waals surface area (Å²) in [5.41, 5.74) is 1.24. The van der Waals surface area contributed by atoms with Crippen LogP contribution in [0.25, 0.3) is 0 Å². The van der Waals surface area contributed by atoms with Gasteiger partial charge < -0.3 is 14.5 Å². The average Bonchev–Trinajstić information content (AvgIpc) is 2.74. The van der Waals surface area contributed by atoms with Gasteiger partial charge in [0.2, 0.25) is 5.91 Å². The zero-order valence-electron chi connectivity index (χ0n) is 16.6. The van der Waals surface area contributed by atoms with Crippen molar-refractivity contribution in [2.45, 2.75) is 44.6 Å². The molecule has 5 nitrogen and oxygen atoms in total. The summed E-state index contributed by atoms with van der Waals surface area (Å²) in [5.74, 6) is 2.03. The highest BCUT2D eigenvalue weighted by atomic mass is 16.5. The van der Waals surface area contributed by atoms with Crippen molar-refractivity contribution in [3.8, 4) is 5.75 Å². The molecule has 27 heavy (non-hydrogen) atoms. The first-order valence-electron chi connectivity index (χ1n) is 10.7. The van der Waals surface area contributed by atoms with Crippen LogP contribution in [-0.4, -0.2) is 68.1 Å². The molecule has 3 fully saturated rings. The minimum absolute atomic E-state index is 0.365. The number of likely N-dealkylation sites (tertiary alicyclic amines) is 1. The van der Waals surface area contributed by atoms with Crippen molar-refractivity contribution in [1.29, 1.82) is 0 Å². The molecule has 0 spiro atoms. The first-order chi connectivity index (χ1) is 13.2. The molecule has 3 aliphatic rings. The van der Waals surface area contributed by atoms with Crippen molar-refractivity contribution < 1.29 is 9.53 Å². The third-order valence-corrected chi connectivity index (χ3v) is 6.73. The van der Waals surface area contributed by atoms with Crippen molar-refractivity contribution in [3.63, 3.8) is 0 Å². The predicted molar refractivity (Wildman–Crippen MR) is 108 cm³/mol. The Kier molecular flexibility index (Phi) is 5.86. The van der Waals surface area contributed by atoms with E-state index in [1.807, 2.05) is 12.1 Å². The maximum Gasteiger partial charge on any atom is 0.237 e. The third-order valence-electron chi connectivity index (χ3n) is 6.73. The van der Waals surface area contributed by atoms with Crippen LogP contribution in [0.5, 0.6) is 5.75 Å². The molecule has 148 valence electrons. The fourth-order valence-corrected chi connectivity index (χ4v) is 5.17. The Morgan fingerprint density at radius 2 is 1.67 bits per heavy atom. The van der Waals surface area contributed by atoms with Gasteiger partial charge in [0.15, 0.2) is 0 Å². The van der Waals surface area contributed by atoms with E-state index in [-0.39, 0.29) is 0 Å². The van der Waals surface area contributed by atoms with Crippen LogP contribution >= 0.6 is 0 Å². The molecule has 1 aliphatic carbocycles. The summed E-state index contributed by atoms with van der Waals surface area (Å²) >= 11 is 0. The molecule has 2 heterocycles. The second-order valence-corrected chi connectivity index (χ2v) is 8.30. The average molecular weight is 372 g/mol. The number of hydrogen-bond donors (Lipinski definition) is 0. The molecule has 2 atom stereocenters. The molecular formula is C22H33N3O2.